The van der Waals surface area contributed by atoms with Crippen molar-refractivity contribution in [2.24, 2.45) is 5.92 Å². The highest BCUT2D eigenvalue weighted by atomic mass is 14.9. The van der Waals surface area contributed by atoms with Gasteiger partial charge in [0.25, 0.3) is 0 Å². The SMILES string of the molecule is C#CCCCNC1CCCC1CC. The fraction of sp³-hybridized carbons (Fsp3) is 0.833. The van der Waals surface area contributed by atoms with Crippen molar-refractivity contribution in [3.8, 4) is 12.3 Å². The van der Waals surface area contributed by atoms with Gasteiger partial charge in [-0.2, -0.15) is 0 Å². The minimum atomic E-state index is 0.780. The molecule has 0 aromatic heterocycles. The lowest BCUT2D eigenvalue weighted by molar-refractivity contribution is 0.390. The number of hydrogen-bond acceptors (Lipinski definition) is 1. The second-order valence-electron chi connectivity index (χ2n) is 3.97. The van der Waals surface area contributed by atoms with Crippen molar-refractivity contribution in [3.05, 3.63) is 0 Å². The van der Waals surface area contributed by atoms with Crippen molar-refractivity contribution in [1.29, 1.82) is 0 Å². The molecule has 1 saturated carbocycles. The average Bonchev–Trinajstić information content (AvgIpc) is 2.60. The molecule has 1 aliphatic carbocycles. The van der Waals surface area contributed by atoms with Crippen molar-refractivity contribution in [2.45, 2.75) is 51.5 Å². The fourth-order valence-corrected chi connectivity index (χ4v) is 2.27. The van der Waals surface area contributed by atoms with Crippen molar-refractivity contribution in [1.82, 2.24) is 5.32 Å². The second kappa shape index (κ2) is 6.05. The molecule has 0 spiro atoms. The lowest BCUT2D eigenvalue weighted by atomic mass is 10.0. The molecular weight excluding hydrogens is 158 g/mol. The largest absolute Gasteiger partial charge is 0.314 e. The van der Waals surface area contributed by atoms with E-state index < -0.39 is 0 Å². The topological polar surface area (TPSA) is 12.0 Å². The molecule has 0 bridgehead atoms. The van der Waals surface area contributed by atoms with Gasteiger partial charge in [-0.05, 0) is 31.7 Å². The minimum Gasteiger partial charge on any atom is -0.314 e. The van der Waals surface area contributed by atoms with Gasteiger partial charge in [-0.3, -0.25) is 0 Å². The number of rotatable bonds is 5. The summed E-state index contributed by atoms with van der Waals surface area (Å²) in [5.74, 6) is 3.60. The first-order valence-electron chi connectivity index (χ1n) is 5.55. The first-order chi connectivity index (χ1) is 6.38. The van der Waals surface area contributed by atoms with Crippen LogP contribution in [0.1, 0.15) is 45.4 Å². The first-order valence-corrected chi connectivity index (χ1v) is 5.55. The number of nitrogens with one attached hydrogen (secondary N) is 1. The van der Waals surface area contributed by atoms with Crippen LogP contribution < -0.4 is 5.32 Å². The van der Waals surface area contributed by atoms with E-state index in [1.54, 1.807) is 0 Å². The lowest BCUT2D eigenvalue weighted by Crippen LogP contribution is -2.32. The predicted molar refractivity (Wildman–Crippen MR) is 57.5 cm³/mol. The zero-order chi connectivity index (χ0) is 9.52. The molecule has 74 valence electrons. The zero-order valence-corrected chi connectivity index (χ0v) is 8.68. The van der Waals surface area contributed by atoms with Gasteiger partial charge in [-0.1, -0.05) is 19.8 Å². The molecule has 0 saturated heterocycles. The van der Waals surface area contributed by atoms with Crippen LogP contribution >= 0.6 is 0 Å². The van der Waals surface area contributed by atoms with Crippen LogP contribution in [0.3, 0.4) is 0 Å². The highest BCUT2D eigenvalue weighted by molar-refractivity contribution is 4.85. The summed E-state index contributed by atoms with van der Waals surface area (Å²) >= 11 is 0. The standard InChI is InChI=1S/C12H21N/c1-3-5-6-10-13-12-9-7-8-11(12)4-2/h1,11-13H,4-10H2,2H3. The summed E-state index contributed by atoms with van der Waals surface area (Å²) in [5, 5.41) is 3.62. The Hall–Kier alpha value is -0.480. The molecule has 1 fully saturated rings. The molecule has 1 aliphatic rings. The summed E-state index contributed by atoms with van der Waals surface area (Å²) in [6.07, 6.45) is 12.8. The van der Waals surface area contributed by atoms with Gasteiger partial charge < -0.3 is 5.32 Å². The molecule has 2 atom stereocenters. The molecule has 1 heteroatoms. The van der Waals surface area contributed by atoms with Crippen molar-refractivity contribution >= 4 is 0 Å². The van der Waals surface area contributed by atoms with Crippen LogP contribution in [0.4, 0.5) is 0 Å². The first kappa shape index (κ1) is 10.6. The van der Waals surface area contributed by atoms with Crippen LogP contribution in [0, 0.1) is 18.3 Å². The van der Waals surface area contributed by atoms with E-state index in [1.165, 1.54) is 25.7 Å². The summed E-state index contributed by atoms with van der Waals surface area (Å²) in [7, 11) is 0. The van der Waals surface area contributed by atoms with E-state index in [0.29, 0.717) is 0 Å². The highest BCUT2D eigenvalue weighted by Gasteiger charge is 2.24. The Morgan fingerprint density at radius 2 is 2.31 bits per heavy atom. The van der Waals surface area contributed by atoms with E-state index in [-0.39, 0.29) is 0 Å². The average molecular weight is 179 g/mol. The monoisotopic (exact) mass is 179 g/mol. The number of hydrogen-bond donors (Lipinski definition) is 1. The van der Waals surface area contributed by atoms with Gasteiger partial charge in [0.1, 0.15) is 0 Å². The predicted octanol–water partition coefficient (Wildman–Crippen LogP) is 2.57. The van der Waals surface area contributed by atoms with Crippen molar-refractivity contribution < 1.29 is 0 Å². The summed E-state index contributed by atoms with van der Waals surface area (Å²) < 4.78 is 0. The van der Waals surface area contributed by atoms with E-state index in [1.807, 2.05) is 0 Å². The van der Waals surface area contributed by atoms with E-state index in [2.05, 4.69) is 18.2 Å². The Kier molecular flexibility index (Phi) is 4.93. The van der Waals surface area contributed by atoms with Gasteiger partial charge in [-0.25, -0.2) is 0 Å². The van der Waals surface area contributed by atoms with Gasteiger partial charge in [0, 0.05) is 12.5 Å². The zero-order valence-electron chi connectivity index (χ0n) is 8.68. The summed E-state index contributed by atoms with van der Waals surface area (Å²) in [6, 6.07) is 0.780. The molecule has 0 radical (unpaired) electrons. The van der Waals surface area contributed by atoms with Gasteiger partial charge in [0.15, 0.2) is 0 Å². The van der Waals surface area contributed by atoms with E-state index in [0.717, 1.165) is 31.3 Å². The van der Waals surface area contributed by atoms with Crippen LogP contribution in [0.5, 0.6) is 0 Å². The molecule has 0 aliphatic heterocycles. The molecule has 0 amide bonds. The van der Waals surface area contributed by atoms with Gasteiger partial charge in [0.2, 0.25) is 0 Å². The molecule has 0 aromatic carbocycles. The quantitative estimate of drug-likeness (QED) is 0.505. The van der Waals surface area contributed by atoms with Gasteiger partial charge >= 0.3 is 0 Å². The summed E-state index contributed by atoms with van der Waals surface area (Å²) in [6.45, 7) is 3.40. The maximum absolute atomic E-state index is 5.20. The van der Waals surface area contributed by atoms with Crippen LogP contribution in [0.15, 0.2) is 0 Å². The molecule has 13 heavy (non-hydrogen) atoms. The smallest absolute Gasteiger partial charge is 0.00981 e. The van der Waals surface area contributed by atoms with Crippen LogP contribution in [0.25, 0.3) is 0 Å². The third kappa shape index (κ3) is 3.40. The maximum atomic E-state index is 5.20. The van der Waals surface area contributed by atoms with Gasteiger partial charge in [0.05, 0.1) is 0 Å². The fourth-order valence-electron chi connectivity index (χ4n) is 2.27. The summed E-state index contributed by atoms with van der Waals surface area (Å²) in [5.41, 5.74) is 0. The van der Waals surface area contributed by atoms with Crippen LogP contribution in [-0.4, -0.2) is 12.6 Å². The Bertz CT molecular complexity index is 168. The normalized spacial score (nSPS) is 27.4. The lowest BCUT2D eigenvalue weighted by Gasteiger charge is -2.19. The molecule has 1 nitrogen and oxygen atoms in total. The maximum Gasteiger partial charge on any atom is 0.00981 e. The Morgan fingerprint density at radius 3 is 3.00 bits per heavy atom. The van der Waals surface area contributed by atoms with E-state index >= 15 is 0 Å². The van der Waals surface area contributed by atoms with Crippen LogP contribution in [-0.2, 0) is 0 Å². The third-order valence-corrected chi connectivity index (χ3v) is 3.09. The number of unbranched alkanes of at least 4 members (excludes halogenated alkanes) is 1. The minimum absolute atomic E-state index is 0.780. The second-order valence-corrected chi connectivity index (χ2v) is 3.97. The van der Waals surface area contributed by atoms with Gasteiger partial charge in [-0.15, -0.1) is 12.3 Å². The van der Waals surface area contributed by atoms with E-state index in [9.17, 15) is 0 Å². The number of terminal acetylenes is 1. The Balaban J connectivity index is 2.10. The molecule has 0 aromatic rings. The molecular formula is C12H21N. The van der Waals surface area contributed by atoms with Crippen LogP contribution in [0.2, 0.25) is 0 Å². The van der Waals surface area contributed by atoms with Crippen molar-refractivity contribution in [2.75, 3.05) is 6.54 Å². The molecule has 1 rings (SSSR count). The van der Waals surface area contributed by atoms with Crippen molar-refractivity contribution in [3.63, 3.8) is 0 Å². The molecule has 2 unspecified atom stereocenters. The Labute approximate surface area is 82.3 Å². The van der Waals surface area contributed by atoms with E-state index in [4.69, 9.17) is 6.42 Å². The molecule has 0 heterocycles. The molecule has 1 N–H and O–H groups in total. The Morgan fingerprint density at radius 1 is 1.46 bits per heavy atom. The third-order valence-electron chi connectivity index (χ3n) is 3.09. The summed E-state index contributed by atoms with van der Waals surface area (Å²) in [4.78, 5) is 0. The highest BCUT2D eigenvalue weighted by Crippen LogP contribution is 2.27.